The Hall–Kier alpha value is -3.44. The number of hydrogen-bond donors (Lipinski definition) is 4. The average Bonchev–Trinajstić information content (AvgIpc) is 2.84. The molecule has 2 atom stereocenters. The van der Waals surface area contributed by atoms with Crippen molar-refractivity contribution in [2.45, 2.75) is 43.6 Å². The number of ketones is 1. The summed E-state index contributed by atoms with van der Waals surface area (Å²) in [5.41, 5.74) is 15.3. The van der Waals surface area contributed by atoms with E-state index in [4.69, 9.17) is 11.5 Å². The normalized spacial score (nSPS) is 13.2. The Morgan fingerprint density at radius 2 is 1.78 bits per heavy atom. The number of benzene rings is 2. The molecule has 1 heterocycles. The maximum absolute atomic E-state index is 12.9. The second-order valence-corrected chi connectivity index (χ2v) is 10.5. The van der Waals surface area contributed by atoms with Crippen LogP contribution in [0.15, 0.2) is 65.7 Å². The molecule has 36 heavy (non-hydrogen) atoms. The predicted molar refractivity (Wildman–Crippen MR) is 148 cm³/mol. The number of hydrogen-bond acceptors (Lipinski definition) is 8. The number of carbonyl (C=O) groups is 1. The minimum atomic E-state index is -1.09. The highest BCUT2D eigenvalue weighted by atomic mass is 32.2. The zero-order valence-corrected chi connectivity index (χ0v) is 21.4. The molecule has 0 aliphatic heterocycles. The number of rotatable bonds is 10. The first kappa shape index (κ1) is 28.8. The summed E-state index contributed by atoms with van der Waals surface area (Å²) in [6.45, 7) is 6.64. The quantitative estimate of drug-likeness (QED) is 0.235. The van der Waals surface area contributed by atoms with Crippen LogP contribution in [-0.4, -0.2) is 48.4 Å². The molecule has 0 aliphatic carbocycles. The van der Waals surface area contributed by atoms with Crippen molar-refractivity contribution in [3.8, 4) is 11.3 Å². The van der Waals surface area contributed by atoms with Crippen molar-refractivity contribution in [2.75, 3.05) is 12.3 Å². The third-order valence-electron chi connectivity index (χ3n) is 5.19. The summed E-state index contributed by atoms with van der Waals surface area (Å²) in [5.74, 6) is -0.436. The van der Waals surface area contributed by atoms with Gasteiger partial charge in [0.25, 0.3) is 0 Å². The predicted octanol–water partition coefficient (Wildman–Crippen LogP) is 2.56. The highest BCUT2D eigenvalue weighted by Gasteiger charge is 2.15. The van der Waals surface area contributed by atoms with Crippen LogP contribution in [0.1, 0.15) is 45.2 Å². The number of anilines is 1. The van der Waals surface area contributed by atoms with Crippen molar-refractivity contribution in [2.24, 2.45) is 5.73 Å². The lowest BCUT2D eigenvalue weighted by Gasteiger charge is -2.09. The highest BCUT2D eigenvalue weighted by Crippen LogP contribution is 2.22. The Morgan fingerprint density at radius 1 is 1.14 bits per heavy atom. The molecule has 3 aromatic rings. The van der Waals surface area contributed by atoms with Crippen LogP contribution < -0.4 is 16.8 Å². The first-order valence-corrected chi connectivity index (χ1v) is 12.5. The average molecular weight is 516 g/mol. The summed E-state index contributed by atoms with van der Waals surface area (Å²) in [5, 5.41) is 12.5. The van der Waals surface area contributed by atoms with Crippen molar-refractivity contribution < 1.29 is 22.4 Å². The number of nitrogens with one attached hydrogen (secondary N) is 1. The fourth-order valence-electron chi connectivity index (χ4n) is 3.28. The van der Waals surface area contributed by atoms with Crippen molar-refractivity contribution in [1.82, 2.24) is 15.3 Å². The number of allylic oxidation sites excluding steroid dienone is 1. The Balaban J connectivity index is 0.00000456. The van der Waals surface area contributed by atoms with Gasteiger partial charge in [0.05, 0.1) is 28.8 Å². The molecule has 0 fully saturated rings. The van der Waals surface area contributed by atoms with Gasteiger partial charge in [0.1, 0.15) is 0 Å². The van der Waals surface area contributed by atoms with E-state index in [0.717, 1.165) is 16.0 Å². The molecule has 0 saturated carbocycles. The topological polar surface area (TPSA) is 176 Å². The van der Waals surface area contributed by atoms with Crippen LogP contribution in [0.5, 0.6) is 0 Å². The zero-order chi connectivity index (χ0) is 25.5. The Morgan fingerprint density at radius 3 is 2.36 bits per heavy atom. The second kappa shape index (κ2) is 13.0. The number of carbonyl (C=O) groups excluding carboxylic acids is 1. The summed E-state index contributed by atoms with van der Waals surface area (Å²) < 4.78 is 12.3. The van der Waals surface area contributed by atoms with E-state index in [0.29, 0.717) is 24.3 Å². The van der Waals surface area contributed by atoms with Gasteiger partial charge in [0, 0.05) is 43.4 Å². The SMILES string of the molecule is CC(O)CNCc1ccc(C(N)=CC(=O)c2nc(-c3ccc(S(=O)C(C)C)cc3)cnc2N)cc1.O.[HH].[HH]. The first-order valence-electron chi connectivity index (χ1n) is 11.3. The molecule has 0 spiro atoms. The van der Waals surface area contributed by atoms with E-state index < -0.39 is 22.7 Å². The Bertz CT molecular complexity index is 1240. The van der Waals surface area contributed by atoms with E-state index >= 15 is 0 Å². The van der Waals surface area contributed by atoms with Gasteiger partial charge in [-0.2, -0.15) is 0 Å². The van der Waals surface area contributed by atoms with Crippen LogP contribution in [0.3, 0.4) is 0 Å². The number of aliphatic hydroxyl groups excluding tert-OH is 1. The van der Waals surface area contributed by atoms with Crippen LogP contribution in [0.25, 0.3) is 17.0 Å². The summed E-state index contributed by atoms with van der Waals surface area (Å²) in [7, 11) is -1.09. The lowest BCUT2D eigenvalue weighted by Crippen LogP contribution is -2.23. The molecule has 0 radical (unpaired) electrons. The van der Waals surface area contributed by atoms with E-state index in [2.05, 4.69) is 15.3 Å². The van der Waals surface area contributed by atoms with E-state index in [1.165, 1.54) is 12.3 Å². The molecule has 10 heteroatoms. The van der Waals surface area contributed by atoms with Gasteiger partial charge in [-0.15, -0.1) is 0 Å². The standard InChI is InChI=1S/C26H31N5O3S.H2O.2H2/c1-16(2)35(34)21-10-8-20(9-11-21)23-15-30-26(28)25(31-23)24(33)12-22(27)19-6-4-18(5-7-19)14-29-13-17(3)32;;;/h4-12,15-17,29,32H,13-14,27H2,1-3H3,(H2,28,30);1H2;2*1H. The van der Waals surface area contributed by atoms with Crippen molar-refractivity contribution in [1.29, 1.82) is 0 Å². The number of aliphatic hydroxyl groups is 1. The summed E-state index contributed by atoms with van der Waals surface area (Å²) in [6, 6.07) is 14.6. The molecule has 196 valence electrons. The fourth-order valence-corrected chi connectivity index (χ4v) is 4.23. The third kappa shape index (κ3) is 7.53. The zero-order valence-electron chi connectivity index (χ0n) is 20.6. The number of nitrogens with two attached hydrogens (primary N) is 2. The smallest absolute Gasteiger partial charge is 0.210 e. The second-order valence-electron chi connectivity index (χ2n) is 8.50. The van der Waals surface area contributed by atoms with Gasteiger partial charge < -0.3 is 27.4 Å². The lowest BCUT2D eigenvalue weighted by molar-refractivity contribution is 0.104. The third-order valence-corrected chi connectivity index (χ3v) is 6.78. The van der Waals surface area contributed by atoms with Gasteiger partial charge >= 0.3 is 0 Å². The van der Waals surface area contributed by atoms with E-state index in [1.807, 2.05) is 38.1 Å². The van der Waals surface area contributed by atoms with E-state index in [9.17, 15) is 14.1 Å². The molecule has 3 rings (SSSR count). The number of nitrogens with zero attached hydrogens (tertiary/aromatic N) is 2. The maximum atomic E-state index is 12.9. The highest BCUT2D eigenvalue weighted by molar-refractivity contribution is 7.85. The monoisotopic (exact) mass is 515 g/mol. The number of aromatic nitrogens is 2. The summed E-state index contributed by atoms with van der Waals surface area (Å²) in [4.78, 5) is 22.2. The van der Waals surface area contributed by atoms with Gasteiger partial charge in [-0.1, -0.05) is 50.2 Å². The summed E-state index contributed by atoms with van der Waals surface area (Å²) >= 11 is 0. The van der Waals surface area contributed by atoms with Gasteiger partial charge in [0.15, 0.2) is 11.5 Å². The van der Waals surface area contributed by atoms with E-state index in [-0.39, 0.29) is 30.8 Å². The van der Waals surface area contributed by atoms with Gasteiger partial charge in [-0.25, -0.2) is 9.97 Å². The molecule has 0 amide bonds. The molecule has 1 aromatic heterocycles. The molecule has 0 aliphatic rings. The van der Waals surface area contributed by atoms with E-state index in [1.54, 1.807) is 31.2 Å². The fraction of sp³-hybridized carbons (Fsp3) is 0.269. The summed E-state index contributed by atoms with van der Waals surface area (Å²) in [6.07, 6.45) is 2.38. The van der Waals surface area contributed by atoms with Gasteiger partial charge in [-0.3, -0.25) is 9.00 Å². The Kier molecular flexibility index (Phi) is 10.4. The van der Waals surface area contributed by atoms with Crippen LogP contribution >= 0.6 is 0 Å². The van der Waals surface area contributed by atoms with Crippen LogP contribution in [0, 0.1) is 0 Å². The molecular formula is C26H37N5O4S. The molecular weight excluding hydrogens is 478 g/mol. The first-order chi connectivity index (χ1) is 16.7. The number of nitrogen functional groups attached to an aromatic ring is 1. The minimum absolute atomic E-state index is 0. The molecule has 8 N–H and O–H groups in total. The van der Waals surface area contributed by atoms with Crippen molar-refractivity contribution >= 4 is 28.1 Å². The van der Waals surface area contributed by atoms with Crippen molar-refractivity contribution in [3.63, 3.8) is 0 Å². The van der Waals surface area contributed by atoms with Gasteiger partial charge in [0.2, 0.25) is 5.78 Å². The molecule has 2 aromatic carbocycles. The molecule has 9 nitrogen and oxygen atoms in total. The lowest BCUT2D eigenvalue weighted by atomic mass is 10.1. The largest absolute Gasteiger partial charge is 0.412 e. The van der Waals surface area contributed by atoms with Gasteiger partial charge in [-0.05, 0) is 30.2 Å². The molecule has 0 saturated heterocycles. The van der Waals surface area contributed by atoms with Crippen LogP contribution in [0.2, 0.25) is 0 Å². The molecule has 0 bridgehead atoms. The Labute approximate surface area is 216 Å². The molecule has 2 unspecified atom stereocenters. The maximum Gasteiger partial charge on any atom is 0.210 e. The van der Waals surface area contributed by atoms with Crippen LogP contribution in [-0.2, 0) is 17.3 Å². The van der Waals surface area contributed by atoms with Crippen LogP contribution in [0.4, 0.5) is 5.82 Å². The van der Waals surface area contributed by atoms with Crippen molar-refractivity contribution in [3.05, 3.63) is 77.6 Å². The minimum Gasteiger partial charge on any atom is -0.412 e.